The second kappa shape index (κ2) is 5.21. The number of carbonyl (C=O) groups excluding carboxylic acids is 1. The van der Waals surface area contributed by atoms with Gasteiger partial charge in [-0.15, -0.1) is 0 Å². The van der Waals surface area contributed by atoms with E-state index >= 15 is 0 Å². The Morgan fingerprint density at radius 1 is 1.25 bits per heavy atom. The summed E-state index contributed by atoms with van der Waals surface area (Å²) in [6.07, 6.45) is 0.176. The van der Waals surface area contributed by atoms with Gasteiger partial charge >= 0.3 is 0 Å². The Hall–Kier alpha value is -1.94. The SMILES string of the molecule is Cc1cc(C(=O)Cc2nc3ccccc3o2)ccc1Br. The monoisotopic (exact) mass is 329 g/mol. The van der Waals surface area contributed by atoms with Crippen LogP contribution in [0.5, 0.6) is 0 Å². The Morgan fingerprint density at radius 3 is 2.80 bits per heavy atom. The first-order valence-electron chi connectivity index (χ1n) is 6.27. The fraction of sp³-hybridized carbons (Fsp3) is 0.125. The molecular formula is C16H12BrNO2. The van der Waals surface area contributed by atoms with Gasteiger partial charge in [-0.3, -0.25) is 4.79 Å². The summed E-state index contributed by atoms with van der Waals surface area (Å²) in [5, 5.41) is 0. The number of rotatable bonds is 3. The summed E-state index contributed by atoms with van der Waals surface area (Å²) in [7, 11) is 0. The van der Waals surface area contributed by atoms with Crippen LogP contribution in [0.25, 0.3) is 11.1 Å². The highest BCUT2D eigenvalue weighted by molar-refractivity contribution is 9.10. The predicted molar refractivity (Wildman–Crippen MR) is 80.9 cm³/mol. The first-order valence-corrected chi connectivity index (χ1v) is 7.06. The summed E-state index contributed by atoms with van der Waals surface area (Å²) in [5.41, 5.74) is 3.20. The van der Waals surface area contributed by atoms with Crippen molar-refractivity contribution in [3.8, 4) is 0 Å². The first-order chi connectivity index (χ1) is 9.63. The number of para-hydroxylation sites is 2. The molecule has 0 spiro atoms. The van der Waals surface area contributed by atoms with Crippen molar-refractivity contribution < 1.29 is 9.21 Å². The summed E-state index contributed by atoms with van der Waals surface area (Å²) in [5.74, 6) is 0.462. The normalized spacial score (nSPS) is 10.9. The van der Waals surface area contributed by atoms with E-state index in [2.05, 4.69) is 20.9 Å². The van der Waals surface area contributed by atoms with Crippen LogP contribution in [0.2, 0.25) is 0 Å². The molecule has 0 amide bonds. The molecule has 0 radical (unpaired) electrons. The molecule has 1 aromatic heterocycles. The minimum absolute atomic E-state index is 0.00663. The zero-order chi connectivity index (χ0) is 14.1. The topological polar surface area (TPSA) is 43.1 Å². The number of nitrogens with zero attached hydrogens (tertiary/aromatic N) is 1. The van der Waals surface area contributed by atoms with Crippen LogP contribution >= 0.6 is 15.9 Å². The lowest BCUT2D eigenvalue weighted by Crippen LogP contribution is -2.04. The standard InChI is InChI=1S/C16H12BrNO2/c1-10-8-11(6-7-12(10)17)14(19)9-16-18-13-4-2-3-5-15(13)20-16/h2-8H,9H2,1H3. The number of hydrogen-bond donors (Lipinski definition) is 0. The lowest BCUT2D eigenvalue weighted by molar-refractivity contribution is 0.0986. The van der Waals surface area contributed by atoms with Crippen LogP contribution in [0.15, 0.2) is 51.4 Å². The second-order valence-corrected chi connectivity index (χ2v) is 5.49. The van der Waals surface area contributed by atoms with Crippen LogP contribution in [0.3, 0.4) is 0 Å². The highest BCUT2D eigenvalue weighted by Gasteiger charge is 2.13. The van der Waals surface area contributed by atoms with Crippen LogP contribution in [0, 0.1) is 6.92 Å². The first kappa shape index (κ1) is 13.1. The van der Waals surface area contributed by atoms with E-state index in [0.29, 0.717) is 17.0 Å². The fourth-order valence-electron chi connectivity index (χ4n) is 2.05. The van der Waals surface area contributed by atoms with Crippen molar-refractivity contribution in [3.05, 3.63) is 64.0 Å². The molecular weight excluding hydrogens is 318 g/mol. The molecule has 0 bridgehead atoms. The van der Waals surface area contributed by atoms with Gasteiger partial charge in [0.15, 0.2) is 11.4 Å². The van der Waals surface area contributed by atoms with Crippen LogP contribution in [0.1, 0.15) is 21.8 Å². The Kier molecular flexibility index (Phi) is 3.40. The van der Waals surface area contributed by atoms with Crippen molar-refractivity contribution >= 4 is 32.8 Å². The third-order valence-electron chi connectivity index (χ3n) is 3.13. The van der Waals surface area contributed by atoms with Crippen molar-refractivity contribution in [2.75, 3.05) is 0 Å². The van der Waals surface area contributed by atoms with Crippen LogP contribution in [-0.4, -0.2) is 10.8 Å². The van der Waals surface area contributed by atoms with Crippen LogP contribution in [-0.2, 0) is 6.42 Å². The summed E-state index contributed by atoms with van der Waals surface area (Å²) >= 11 is 3.43. The van der Waals surface area contributed by atoms with Gasteiger partial charge in [-0.1, -0.05) is 34.1 Å². The molecule has 1 heterocycles. The lowest BCUT2D eigenvalue weighted by atomic mass is 10.1. The largest absolute Gasteiger partial charge is 0.440 e. The molecule has 0 saturated heterocycles. The number of benzene rings is 2. The van der Waals surface area contributed by atoms with Crippen LogP contribution in [0.4, 0.5) is 0 Å². The van der Waals surface area contributed by atoms with E-state index < -0.39 is 0 Å². The molecule has 3 nitrogen and oxygen atoms in total. The molecule has 0 atom stereocenters. The predicted octanol–water partition coefficient (Wildman–Crippen LogP) is 4.32. The van der Waals surface area contributed by atoms with Gasteiger partial charge in [-0.05, 0) is 36.8 Å². The van der Waals surface area contributed by atoms with E-state index in [1.165, 1.54) is 0 Å². The van der Waals surface area contributed by atoms with E-state index in [1.807, 2.05) is 49.4 Å². The quantitative estimate of drug-likeness (QED) is 0.672. The molecule has 0 aliphatic heterocycles. The van der Waals surface area contributed by atoms with Gasteiger partial charge in [0.1, 0.15) is 5.52 Å². The summed E-state index contributed by atoms with van der Waals surface area (Å²) in [4.78, 5) is 16.6. The van der Waals surface area contributed by atoms with Gasteiger partial charge in [0, 0.05) is 10.0 Å². The highest BCUT2D eigenvalue weighted by Crippen LogP contribution is 2.19. The molecule has 0 N–H and O–H groups in total. The third kappa shape index (κ3) is 2.51. The molecule has 0 fully saturated rings. The number of oxazole rings is 1. The van der Waals surface area contributed by atoms with Crippen molar-refractivity contribution in [1.82, 2.24) is 4.98 Å². The van der Waals surface area contributed by atoms with Crippen molar-refractivity contribution in [3.63, 3.8) is 0 Å². The van der Waals surface area contributed by atoms with E-state index in [1.54, 1.807) is 0 Å². The number of fused-ring (bicyclic) bond motifs is 1. The number of aromatic nitrogens is 1. The molecule has 0 unspecified atom stereocenters. The average Bonchev–Trinajstić information content (AvgIpc) is 2.83. The van der Waals surface area contributed by atoms with Gasteiger partial charge in [-0.2, -0.15) is 0 Å². The van der Waals surface area contributed by atoms with Gasteiger partial charge < -0.3 is 4.42 Å². The summed E-state index contributed by atoms with van der Waals surface area (Å²) < 4.78 is 6.57. The van der Waals surface area contributed by atoms with E-state index in [0.717, 1.165) is 15.6 Å². The summed E-state index contributed by atoms with van der Waals surface area (Å²) in [6, 6.07) is 13.1. The average molecular weight is 330 g/mol. The van der Waals surface area contributed by atoms with E-state index in [4.69, 9.17) is 4.42 Å². The number of hydrogen-bond acceptors (Lipinski definition) is 3. The Labute approximate surface area is 124 Å². The Morgan fingerprint density at radius 2 is 2.05 bits per heavy atom. The maximum absolute atomic E-state index is 12.2. The van der Waals surface area contributed by atoms with E-state index in [-0.39, 0.29) is 12.2 Å². The number of aryl methyl sites for hydroxylation is 1. The van der Waals surface area contributed by atoms with Crippen molar-refractivity contribution in [1.29, 1.82) is 0 Å². The zero-order valence-electron chi connectivity index (χ0n) is 10.9. The smallest absolute Gasteiger partial charge is 0.203 e. The van der Waals surface area contributed by atoms with E-state index in [9.17, 15) is 4.79 Å². The third-order valence-corrected chi connectivity index (χ3v) is 4.02. The molecule has 4 heteroatoms. The zero-order valence-corrected chi connectivity index (χ0v) is 12.5. The highest BCUT2D eigenvalue weighted by atomic mass is 79.9. The fourth-order valence-corrected chi connectivity index (χ4v) is 2.30. The Bertz CT molecular complexity index is 759. The van der Waals surface area contributed by atoms with Gasteiger partial charge in [-0.25, -0.2) is 4.98 Å². The molecule has 0 aliphatic carbocycles. The molecule has 0 aliphatic rings. The van der Waals surface area contributed by atoms with Crippen LogP contribution < -0.4 is 0 Å². The molecule has 0 saturated carbocycles. The minimum Gasteiger partial charge on any atom is -0.440 e. The summed E-state index contributed by atoms with van der Waals surface area (Å²) in [6.45, 7) is 1.96. The van der Waals surface area contributed by atoms with Crippen molar-refractivity contribution in [2.45, 2.75) is 13.3 Å². The van der Waals surface area contributed by atoms with Gasteiger partial charge in [0.2, 0.25) is 5.89 Å². The Balaban J connectivity index is 1.86. The molecule has 100 valence electrons. The lowest BCUT2D eigenvalue weighted by Gasteiger charge is -2.02. The number of ketones is 1. The van der Waals surface area contributed by atoms with Crippen molar-refractivity contribution in [2.24, 2.45) is 0 Å². The number of Topliss-reactive ketones (excluding diaryl/α,β-unsaturated/α-hetero) is 1. The van der Waals surface area contributed by atoms with Gasteiger partial charge in [0.05, 0.1) is 6.42 Å². The number of carbonyl (C=O) groups is 1. The van der Waals surface area contributed by atoms with Gasteiger partial charge in [0.25, 0.3) is 0 Å². The molecule has 3 rings (SSSR count). The molecule has 3 aromatic rings. The maximum atomic E-state index is 12.2. The second-order valence-electron chi connectivity index (χ2n) is 4.64. The molecule has 20 heavy (non-hydrogen) atoms. The minimum atomic E-state index is 0.00663. The number of halogens is 1. The molecule has 2 aromatic carbocycles. The maximum Gasteiger partial charge on any atom is 0.203 e.